The molecule has 0 amide bonds. The number of aryl methyl sites for hydroxylation is 1. The molecule has 2 heteroatoms. The molecule has 0 spiro atoms. The van der Waals surface area contributed by atoms with Crippen LogP contribution < -0.4 is 4.57 Å². The van der Waals surface area contributed by atoms with E-state index in [-0.39, 0.29) is 5.41 Å². The van der Waals surface area contributed by atoms with Gasteiger partial charge in [0.05, 0.1) is 13.0 Å². The third-order valence-corrected chi connectivity index (χ3v) is 5.43. The second-order valence-electron chi connectivity index (χ2n) is 7.24. The zero-order chi connectivity index (χ0) is 17.7. The van der Waals surface area contributed by atoms with Gasteiger partial charge in [-0.25, -0.2) is 9.55 Å². The lowest BCUT2D eigenvalue weighted by Gasteiger charge is -2.36. The van der Waals surface area contributed by atoms with E-state index in [4.69, 9.17) is 0 Å². The van der Waals surface area contributed by atoms with Crippen LogP contribution in [0, 0.1) is 0 Å². The van der Waals surface area contributed by atoms with Gasteiger partial charge in [-0.2, -0.15) is 0 Å². The number of rotatable bonds is 7. The number of nitrogens with zero attached hydrogens (tertiary/aromatic N) is 1. The first-order chi connectivity index (χ1) is 12.1. The summed E-state index contributed by atoms with van der Waals surface area (Å²) in [5.41, 5.74) is 2.83. The third-order valence-electron chi connectivity index (χ3n) is 5.43. The molecule has 0 bridgehead atoms. The Morgan fingerprint density at radius 3 is 2.20 bits per heavy atom. The molecule has 0 saturated carbocycles. The molecule has 0 saturated heterocycles. The first-order valence-corrected chi connectivity index (χ1v) is 9.27. The van der Waals surface area contributed by atoms with Crippen molar-refractivity contribution in [2.75, 3.05) is 0 Å². The van der Waals surface area contributed by atoms with E-state index in [1.165, 1.54) is 23.4 Å². The van der Waals surface area contributed by atoms with Crippen LogP contribution in [0.3, 0.4) is 0 Å². The molecule has 0 radical (unpaired) electrons. The topological polar surface area (TPSA) is 19.7 Å². The fourth-order valence-corrected chi connectivity index (χ4v) is 4.07. The van der Waals surface area contributed by atoms with Gasteiger partial charge in [-0.05, 0) is 24.0 Å². The third kappa shape index (κ3) is 3.68. The Bertz CT molecular complexity index is 776. The Hall–Kier alpha value is -2.35. The highest BCUT2D eigenvalue weighted by atomic mass is 15.0. The number of nitrogens with one attached hydrogen (secondary N) is 1. The fourth-order valence-electron chi connectivity index (χ4n) is 4.07. The van der Waals surface area contributed by atoms with E-state index >= 15 is 0 Å². The lowest BCUT2D eigenvalue weighted by atomic mass is 9.66. The molecule has 2 nitrogen and oxygen atoms in total. The van der Waals surface area contributed by atoms with Crippen molar-refractivity contribution >= 4 is 0 Å². The summed E-state index contributed by atoms with van der Waals surface area (Å²) in [6.45, 7) is 4.71. The normalized spacial score (nSPS) is 14.8. The molecule has 3 rings (SSSR count). The molecule has 1 aromatic heterocycles. The van der Waals surface area contributed by atoms with Gasteiger partial charge in [0.15, 0.2) is 0 Å². The lowest BCUT2D eigenvalue weighted by molar-refractivity contribution is -0.679. The Morgan fingerprint density at radius 1 is 1.00 bits per heavy atom. The molecule has 0 aliphatic carbocycles. The predicted octanol–water partition coefficient (Wildman–Crippen LogP) is 4.92. The molecule has 2 aromatic carbocycles. The summed E-state index contributed by atoms with van der Waals surface area (Å²) in [7, 11) is 2.14. The summed E-state index contributed by atoms with van der Waals surface area (Å²) >= 11 is 0. The largest absolute Gasteiger partial charge is 0.258 e. The molecule has 0 aliphatic heterocycles. The Kier molecular flexibility index (Phi) is 5.37. The molecule has 3 aromatic rings. The number of hydrogen-bond donors (Lipinski definition) is 1. The highest BCUT2D eigenvalue weighted by molar-refractivity contribution is 5.32. The van der Waals surface area contributed by atoms with Crippen molar-refractivity contribution in [3.63, 3.8) is 0 Å². The van der Waals surface area contributed by atoms with Gasteiger partial charge in [0.1, 0.15) is 12.4 Å². The summed E-state index contributed by atoms with van der Waals surface area (Å²) in [5, 5.41) is 0. The highest BCUT2D eigenvalue weighted by Crippen LogP contribution is 2.42. The first kappa shape index (κ1) is 17.5. The van der Waals surface area contributed by atoms with Crippen LogP contribution in [0.4, 0.5) is 0 Å². The minimum Gasteiger partial charge on any atom is -0.247 e. The minimum atomic E-state index is 0.0290. The minimum absolute atomic E-state index is 0.0290. The second-order valence-corrected chi connectivity index (χ2v) is 7.24. The molecular formula is C23H29N2+. The fraction of sp³-hybridized carbons (Fsp3) is 0.348. The molecule has 1 heterocycles. The van der Waals surface area contributed by atoms with Crippen molar-refractivity contribution < 1.29 is 4.57 Å². The summed E-state index contributed by atoms with van der Waals surface area (Å²) in [4.78, 5) is 3.51. The van der Waals surface area contributed by atoms with Crippen molar-refractivity contribution in [2.24, 2.45) is 7.05 Å². The molecular weight excluding hydrogens is 304 g/mol. The Morgan fingerprint density at radius 2 is 1.64 bits per heavy atom. The molecule has 2 unspecified atom stereocenters. The van der Waals surface area contributed by atoms with Crippen molar-refractivity contribution in [1.29, 1.82) is 0 Å². The van der Waals surface area contributed by atoms with Gasteiger partial charge in [0.2, 0.25) is 0 Å². The Labute approximate surface area is 151 Å². The van der Waals surface area contributed by atoms with Crippen molar-refractivity contribution in [3.05, 3.63) is 90.0 Å². The molecule has 1 N–H and O–H groups in total. The van der Waals surface area contributed by atoms with Crippen LogP contribution in [0.5, 0.6) is 0 Å². The van der Waals surface area contributed by atoms with E-state index in [0.29, 0.717) is 5.92 Å². The zero-order valence-corrected chi connectivity index (χ0v) is 15.6. The van der Waals surface area contributed by atoms with E-state index in [0.717, 1.165) is 12.8 Å². The number of H-pyrrole nitrogens is 1. The molecule has 0 fully saturated rings. The maximum Gasteiger partial charge on any atom is 0.258 e. The average molecular weight is 333 g/mol. The molecule has 25 heavy (non-hydrogen) atoms. The van der Waals surface area contributed by atoms with Crippen molar-refractivity contribution in [3.8, 4) is 0 Å². The monoisotopic (exact) mass is 333 g/mol. The predicted molar refractivity (Wildman–Crippen MR) is 104 cm³/mol. The van der Waals surface area contributed by atoms with Crippen LogP contribution in [-0.4, -0.2) is 4.98 Å². The number of aromatic nitrogens is 2. The van der Waals surface area contributed by atoms with E-state index < -0.39 is 0 Å². The van der Waals surface area contributed by atoms with Crippen LogP contribution in [0.25, 0.3) is 0 Å². The highest BCUT2D eigenvalue weighted by Gasteiger charge is 2.41. The zero-order valence-electron chi connectivity index (χ0n) is 15.6. The number of imidazole rings is 1. The number of benzene rings is 2. The van der Waals surface area contributed by atoms with E-state index in [2.05, 4.69) is 97.3 Å². The van der Waals surface area contributed by atoms with Gasteiger partial charge in [0, 0.05) is 5.41 Å². The molecule has 2 atom stereocenters. The average Bonchev–Trinajstić information content (AvgIpc) is 3.06. The van der Waals surface area contributed by atoms with Crippen molar-refractivity contribution in [2.45, 2.75) is 44.4 Å². The standard InChI is InChI=1S/C23H28N2/c1-4-11-21(22-24-16-17-25(22)3)23(2,20-14-9-6-10-15-20)18-19-12-7-5-8-13-19/h5-10,12-17,21H,4,11,18H2,1-3H3/p+1. The van der Waals surface area contributed by atoms with Gasteiger partial charge in [-0.3, -0.25) is 0 Å². The van der Waals surface area contributed by atoms with E-state index in [1.807, 2.05) is 6.20 Å². The summed E-state index contributed by atoms with van der Waals surface area (Å²) in [6, 6.07) is 21.9. The van der Waals surface area contributed by atoms with Crippen LogP contribution in [0.1, 0.15) is 49.6 Å². The summed E-state index contributed by atoms with van der Waals surface area (Å²) in [6.07, 6.45) is 7.52. The smallest absolute Gasteiger partial charge is 0.247 e. The van der Waals surface area contributed by atoms with Crippen LogP contribution >= 0.6 is 0 Å². The van der Waals surface area contributed by atoms with Crippen LogP contribution in [-0.2, 0) is 18.9 Å². The van der Waals surface area contributed by atoms with Gasteiger partial charge in [-0.1, -0.05) is 80.9 Å². The Balaban J connectivity index is 2.10. The van der Waals surface area contributed by atoms with Gasteiger partial charge in [-0.15, -0.1) is 0 Å². The van der Waals surface area contributed by atoms with Crippen LogP contribution in [0.15, 0.2) is 73.1 Å². The maximum absolute atomic E-state index is 3.51. The maximum atomic E-state index is 3.51. The number of hydrogen-bond acceptors (Lipinski definition) is 0. The van der Waals surface area contributed by atoms with Crippen LogP contribution in [0.2, 0.25) is 0 Å². The second kappa shape index (κ2) is 7.69. The SMILES string of the molecule is CCCC(c1[nH]cc[n+]1C)C(C)(Cc1ccccc1)c1ccccc1. The van der Waals surface area contributed by atoms with Gasteiger partial charge < -0.3 is 0 Å². The summed E-state index contributed by atoms with van der Waals surface area (Å²) < 4.78 is 2.24. The molecule has 130 valence electrons. The lowest BCUT2D eigenvalue weighted by Crippen LogP contribution is -2.41. The summed E-state index contributed by atoms with van der Waals surface area (Å²) in [5.74, 6) is 1.74. The van der Waals surface area contributed by atoms with Crippen molar-refractivity contribution in [1.82, 2.24) is 4.98 Å². The van der Waals surface area contributed by atoms with Gasteiger partial charge >= 0.3 is 0 Å². The molecule has 0 aliphatic rings. The van der Waals surface area contributed by atoms with Gasteiger partial charge in [0.25, 0.3) is 5.82 Å². The first-order valence-electron chi connectivity index (χ1n) is 9.27. The number of aromatic amines is 1. The quantitative estimate of drug-likeness (QED) is 0.592. The van der Waals surface area contributed by atoms with E-state index in [1.54, 1.807) is 0 Å². The van der Waals surface area contributed by atoms with E-state index in [9.17, 15) is 0 Å².